The van der Waals surface area contributed by atoms with E-state index in [1.807, 2.05) is 11.4 Å². The van der Waals surface area contributed by atoms with Crippen molar-refractivity contribution < 1.29 is 24.2 Å². The second-order valence-corrected chi connectivity index (χ2v) is 6.91. The number of thiophene rings is 1. The van der Waals surface area contributed by atoms with Gasteiger partial charge in [-0.2, -0.15) is 0 Å². The number of nitrogens with one attached hydrogen (secondary N) is 1. The fraction of sp³-hybridized carbons (Fsp3) is 0.368. The van der Waals surface area contributed by atoms with Gasteiger partial charge < -0.3 is 19.9 Å². The van der Waals surface area contributed by atoms with E-state index in [0.29, 0.717) is 36.1 Å². The standard InChI is InChI=1S/C19H23NO5S/c1-3-24-17-10-14(6-7-16(17)25-12-18(21)22)19(23)20-11-13(2)9-15-5-4-8-26-15/h4-8,10,13H,3,9,11-12H2,1-2H3,(H,20,23)(H,21,22). The first-order valence-corrected chi connectivity index (χ1v) is 9.29. The van der Waals surface area contributed by atoms with Crippen molar-refractivity contribution in [3.8, 4) is 11.5 Å². The molecule has 6 nitrogen and oxygen atoms in total. The SMILES string of the molecule is CCOc1cc(C(=O)NCC(C)Cc2cccs2)ccc1OCC(=O)O. The van der Waals surface area contributed by atoms with Crippen molar-refractivity contribution in [2.45, 2.75) is 20.3 Å². The van der Waals surface area contributed by atoms with Crippen LogP contribution in [0.5, 0.6) is 11.5 Å². The molecular weight excluding hydrogens is 354 g/mol. The minimum Gasteiger partial charge on any atom is -0.490 e. The van der Waals surface area contributed by atoms with Crippen LogP contribution in [-0.4, -0.2) is 36.7 Å². The van der Waals surface area contributed by atoms with Crippen LogP contribution in [-0.2, 0) is 11.2 Å². The number of carboxylic acids is 1. The Balaban J connectivity index is 1.96. The number of carbonyl (C=O) groups excluding carboxylic acids is 1. The number of rotatable bonds is 10. The summed E-state index contributed by atoms with van der Waals surface area (Å²) < 4.78 is 10.6. The zero-order valence-electron chi connectivity index (χ0n) is 14.9. The van der Waals surface area contributed by atoms with Gasteiger partial charge in [-0.1, -0.05) is 13.0 Å². The molecule has 1 aromatic heterocycles. The van der Waals surface area contributed by atoms with Gasteiger partial charge in [-0.15, -0.1) is 11.3 Å². The van der Waals surface area contributed by atoms with Crippen LogP contribution in [0.15, 0.2) is 35.7 Å². The molecule has 1 unspecified atom stereocenters. The van der Waals surface area contributed by atoms with Gasteiger partial charge in [-0.05, 0) is 48.9 Å². The van der Waals surface area contributed by atoms with Crippen molar-refractivity contribution in [3.05, 3.63) is 46.2 Å². The Labute approximate surface area is 156 Å². The van der Waals surface area contributed by atoms with E-state index in [9.17, 15) is 9.59 Å². The van der Waals surface area contributed by atoms with Crippen molar-refractivity contribution in [1.82, 2.24) is 5.32 Å². The van der Waals surface area contributed by atoms with Gasteiger partial charge in [0, 0.05) is 17.0 Å². The lowest BCUT2D eigenvalue weighted by atomic mass is 10.1. The summed E-state index contributed by atoms with van der Waals surface area (Å²) in [7, 11) is 0. The van der Waals surface area contributed by atoms with Crippen LogP contribution in [0.4, 0.5) is 0 Å². The number of carbonyl (C=O) groups is 2. The van der Waals surface area contributed by atoms with Gasteiger partial charge in [-0.3, -0.25) is 4.79 Å². The first-order chi connectivity index (χ1) is 12.5. The molecule has 0 aliphatic heterocycles. The summed E-state index contributed by atoms with van der Waals surface area (Å²) in [4.78, 5) is 24.3. The van der Waals surface area contributed by atoms with E-state index >= 15 is 0 Å². The second-order valence-electron chi connectivity index (χ2n) is 5.88. The highest BCUT2D eigenvalue weighted by Gasteiger charge is 2.14. The molecule has 0 aliphatic carbocycles. The van der Waals surface area contributed by atoms with Crippen molar-refractivity contribution in [1.29, 1.82) is 0 Å². The number of amides is 1. The molecule has 26 heavy (non-hydrogen) atoms. The topological polar surface area (TPSA) is 84.9 Å². The molecule has 140 valence electrons. The monoisotopic (exact) mass is 377 g/mol. The number of hydrogen-bond acceptors (Lipinski definition) is 5. The van der Waals surface area contributed by atoms with Crippen molar-refractivity contribution in [3.63, 3.8) is 0 Å². The third kappa shape index (κ3) is 6.07. The smallest absolute Gasteiger partial charge is 0.341 e. The van der Waals surface area contributed by atoms with Crippen LogP contribution in [0.2, 0.25) is 0 Å². The number of benzene rings is 1. The third-order valence-electron chi connectivity index (χ3n) is 3.60. The summed E-state index contributed by atoms with van der Waals surface area (Å²) in [6.07, 6.45) is 0.921. The lowest BCUT2D eigenvalue weighted by Gasteiger charge is -2.14. The Hall–Kier alpha value is -2.54. The largest absolute Gasteiger partial charge is 0.490 e. The second kappa shape index (κ2) is 9.82. The lowest BCUT2D eigenvalue weighted by molar-refractivity contribution is -0.139. The highest BCUT2D eigenvalue weighted by molar-refractivity contribution is 7.09. The summed E-state index contributed by atoms with van der Waals surface area (Å²) in [6, 6.07) is 8.83. The Morgan fingerprint density at radius 1 is 1.23 bits per heavy atom. The molecule has 1 amide bonds. The zero-order valence-corrected chi connectivity index (χ0v) is 15.7. The van der Waals surface area contributed by atoms with E-state index in [1.165, 1.54) is 4.88 Å². The molecule has 1 heterocycles. The summed E-state index contributed by atoms with van der Waals surface area (Å²) in [5.74, 6) is -0.296. The quantitative estimate of drug-likeness (QED) is 0.664. The summed E-state index contributed by atoms with van der Waals surface area (Å²) in [5, 5.41) is 13.7. The van der Waals surface area contributed by atoms with Gasteiger partial charge in [0.25, 0.3) is 5.91 Å². The average molecular weight is 377 g/mol. The van der Waals surface area contributed by atoms with E-state index in [0.717, 1.165) is 6.42 Å². The highest BCUT2D eigenvalue weighted by Crippen LogP contribution is 2.28. The third-order valence-corrected chi connectivity index (χ3v) is 4.50. The fourth-order valence-corrected chi connectivity index (χ4v) is 3.26. The van der Waals surface area contributed by atoms with Crippen molar-refractivity contribution in [2.24, 2.45) is 5.92 Å². The Bertz CT molecular complexity index is 730. The number of hydrogen-bond donors (Lipinski definition) is 2. The molecule has 0 aliphatic rings. The van der Waals surface area contributed by atoms with Gasteiger partial charge >= 0.3 is 5.97 Å². The molecule has 0 saturated heterocycles. The Kier molecular flexibility index (Phi) is 7.47. The molecule has 2 N–H and O–H groups in total. The van der Waals surface area contributed by atoms with E-state index in [-0.39, 0.29) is 5.91 Å². The van der Waals surface area contributed by atoms with Gasteiger partial charge in [0.15, 0.2) is 18.1 Å². The molecule has 1 aromatic carbocycles. The molecule has 0 spiro atoms. The molecule has 0 radical (unpaired) electrons. The van der Waals surface area contributed by atoms with Gasteiger partial charge in [0.2, 0.25) is 0 Å². The highest BCUT2D eigenvalue weighted by atomic mass is 32.1. The first-order valence-electron chi connectivity index (χ1n) is 8.41. The van der Waals surface area contributed by atoms with Crippen LogP contribution < -0.4 is 14.8 Å². The van der Waals surface area contributed by atoms with E-state index < -0.39 is 12.6 Å². The number of carboxylic acid groups (broad SMARTS) is 1. The molecule has 0 fully saturated rings. The van der Waals surface area contributed by atoms with Crippen LogP contribution in [0.3, 0.4) is 0 Å². The molecule has 0 saturated carbocycles. The molecule has 0 bridgehead atoms. The minimum atomic E-state index is -1.08. The van der Waals surface area contributed by atoms with Crippen LogP contribution in [0.25, 0.3) is 0 Å². The summed E-state index contributed by atoms with van der Waals surface area (Å²) in [6.45, 7) is 4.38. The molecule has 7 heteroatoms. The maximum atomic E-state index is 12.4. The van der Waals surface area contributed by atoms with Crippen molar-refractivity contribution >= 4 is 23.2 Å². The lowest BCUT2D eigenvalue weighted by Crippen LogP contribution is -2.29. The van der Waals surface area contributed by atoms with E-state index in [4.69, 9.17) is 14.6 Å². The Morgan fingerprint density at radius 2 is 2.04 bits per heavy atom. The summed E-state index contributed by atoms with van der Waals surface area (Å²) >= 11 is 1.71. The Morgan fingerprint density at radius 3 is 2.69 bits per heavy atom. The van der Waals surface area contributed by atoms with Crippen molar-refractivity contribution in [2.75, 3.05) is 19.8 Å². The molecule has 2 rings (SSSR count). The van der Waals surface area contributed by atoms with E-state index in [2.05, 4.69) is 18.3 Å². The van der Waals surface area contributed by atoms with Crippen LogP contribution in [0, 0.1) is 5.92 Å². The molecule has 2 aromatic rings. The number of aliphatic carboxylic acids is 1. The predicted octanol–water partition coefficient (Wildman–Crippen LogP) is 3.22. The van der Waals surface area contributed by atoms with Gasteiger partial charge in [0.05, 0.1) is 6.61 Å². The van der Waals surface area contributed by atoms with Gasteiger partial charge in [-0.25, -0.2) is 4.79 Å². The maximum Gasteiger partial charge on any atom is 0.341 e. The minimum absolute atomic E-state index is 0.200. The van der Waals surface area contributed by atoms with Crippen LogP contribution in [0.1, 0.15) is 29.1 Å². The summed E-state index contributed by atoms with van der Waals surface area (Å²) in [5.41, 5.74) is 0.444. The normalized spacial score (nSPS) is 11.6. The van der Waals surface area contributed by atoms with Crippen LogP contribution >= 0.6 is 11.3 Å². The maximum absolute atomic E-state index is 12.4. The van der Waals surface area contributed by atoms with Gasteiger partial charge in [0.1, 0.15) is 0 Å². The fourth-order valence-electron chi connectivity index (χ4n) is 2.39. The first kappa shape index (κ1) is 19.8. The predicted molar refractivity (Wildman–Crippen MR) is 100 cm³/mol. The van der Waals surface area contributed by atoms with E-state index in [1.54, 1.807) is 36.5 Å². The average Bonchev–Trinajstić information content (AvgIpc) is 3.11. The number of ether oxygens (including phenoxy) is 2. The zero-order chi connectivity index (χ0) is 18.9. The molecule has 1 atom stereocenters. The molecular formula is C19H23NO5S.